The molecule has 4 rings (SSSR count). The highest BCUT2D eigenvalue weighted by Crippen LogP contribution is 2.31. The zero-order valence-corrected chi connectivity index (χ0v) is 17.0. The van der Waals surface area contributed by atoms with Crippen LogP contribution in [-0.4, -0.2) is 35.4 Å². The fraction of sp³-hybridized carbons (Fsp3) is 0.318. The van der Waals surface area contributed by atoms with Crippen LogP contribution in [-0.2, 0) is 13.0 Å². The highest BCUT2D eigenvalue weighted by Gasteiger charge is 2.16. The Morgan fingerprint density at radius 2 is 1.86 bits per heavy atom. The van der Waals surface area contributed by atoms with Crippen LogP contribution in [0.25, 0.3) is 22.5 Å². The van der Waals surface area contributed by atoms with Gasteiger partial charge in [0.2, 0.25) is 5.82 Å². The zero-order chi connectivity index (χ0) is 20.2. The lowest BCUT2D eigenvalue weighted by atomic mass is 9.96. The molecule has 148 valence electrons. The Morgan fingerprint density at radius 1 is 1.03 bits per heavy atom. The Labute approximate surface area is 170 Å². The maximum absolute atomic E-state index is 4.82. The van der Waals surface area contributed by atoms with E-state index in [4.69, 9.17) is 10.1 Å². The van der Waals surface area contributed by atoms with Gasteiger partial charge in [0.15, 0.2) is 5.82 Å². The molecule has 7 nitrogen and oxygen atoms in total. The summed E-state index contributed by atoms with van der Waals surface area (Å²) in [5.41, 5.74) is 4.29. The molecule has 1 atom stereocenters. The van der Waals surface area contributed by atoms with E-state index in [1.54, 1.807) is 0 Å². The molecule has 0 amide bonds. The molecule has 1 unspecified atom stereocenters. The fourth-order valence-corrected chi connectivity index (χ4v) is 3.38. The Hall–Kier alpha value is -3.35. The third kappa shape index (κ3) is 3.94. The normalized spacial score (nSPS) is 12.2. The molecule has 0 saturated carbocycles. The topological polar surface area (TPSA) is 85.2 Å². The number of nitrogens with one attached hydrogen (secondary N) is 1. The number of nitrogens with zero attached hydrogens (tertiary/aromatic N) is 6. The van der Waals surface area contributed by atoms with E-state index in [9.17, 15) is 0 Å². The Kier molecular flexibility index (Phi) is 5.46. The molecule has 0 aliphatic heterocycles. The number of aromatic amines is 1. The Morgan fingerprint density at radius 3 is 2.55 bits per heavy atom. The number of H-pyrrole nitrogens is 1. The Bertz CT molecular complexity index is 1070. The van der Waals surface area contributed by atoms with Gasteiger partial charge in [-0.1, -0.05) is 56.3 Å². The molecule has 4 aromatic rings. The second kappa shape index (κ2) is 8.34. The monoisotopic (exact) mass is 387 g/mol. The lowest BCUT2D eigenvalue weighted by Crippen LogP contribution is -2.04. The van der Waals surface area contributed by atoms with Gasteiger partial charge in [-0.05, 0) is 41.3 Å². The summed E-state index contributed by atoms with van der Waals surface area (Å²) in [5, 5.41) is 19.4. The summed E-state index contributed by atoms with van der Waals surface area (Å²) in [6.45, 7) is 7.24. The van der Waals surface area contributed by atoms with Crippen molar-refractivity contribution in [1.82, 2.24) is 35.4 Å². The van der Waals surface area contributed by atoms with Crippen LogP contribution in [0.4, 0.5) is 0 Å². The molecular weight excluding hydrogens is 362 g/mol. The van der Waals surface area contributed by atoms with Crippen LogP contribution in [0.1, 0.15) is 50.3 Å². The molecule has 7 heteroatoms. The summed E-state index contributed by atoms with van der Waals surface area (Å²) >= 11 is 0. The van der Waals surface area contributed by atoms with Crippen LogP contribution in [0.15, 0.2) is 48.5 Å². The number of aromatic nitrogens is 7. The lowest BCUT2D eigenvalue weighted by molar-refractivity contribution is 0.601. The van der Waals surface area contributed by atoms with E-state index in [0.29, 0.717) is 18.2 Å². The van der Waals surface area contributed by atoms with Crippen molar-refractivity contribution in [1.29, 1.82) is 0 Å². The quantitative estimate of drug-likeness (QED) is 0.512. The van der Waals surface area contributed by atoms with Crippen LogP contribution >= 0.6 is 0 Å². The SMILES string of the molecule is CCC(C)c1nc(Cc2ccc(-c3ccccc3)c(-c3nn[nH]n3)c2)n(CC)n1. The number of hydrogen-bond donors (Lipinski definition) is 1. The lowest BCUT2D eigenvalue weighted by Gasteiger charge is -2.10. The van der Waals surface area contributed by atoms with Crippen LogP contribution in [0.3, 0.4) is 0 Å². The molecule has 0 saturated heterocycles. The maximum Gasteiger partial charge on any atom is 0.205 e. The van der Waals surface area contributed by atoms with Crippen molar-refractivity contribution in [3.63, 3.8) is 0 Å². The molecule has 0 aliphatic carbocycles. The number of tetrazole rings is 1. The van der Waals surface area contributed by atoms with Crippen molar-refractivity contribution in [2.45, 2.75) is 46.1 Å². The van der Waals surface area contributed by atoms with E-state index in [1.165, 1.54) is 0 Å². The van der Waals surface area contributed by atoms with Crippen molar-refractivity contribution in [3.8, 4) is 22.5 Å². The molecule has 29 heavy (non-hydrogen) atoms. The van der Waals surface area contributed by atoms with E-state index >= 15 is 0 Å². The number of hydrogen-bond acceptors (Lipinski definition) is 5. The van der Waals surface area contributed by atoms with Gasteiger partial charge in [0.05, 0.1) is 0 Å². The van der Waals surface area contributed by atoms with Crippen molar-refractivity contribution in [2.75, 3.05) is 0 Å². The first-order valence-corrected chi connectivity index (χ1v) is 10.0. The summed E-state index contributed by atoms with van der Waals surface area (Å²) in [6, 6.07) is 16.6. The third-order valence-electron chi connectivity index (χ3n) is 5.23. The molecule has 0 bridgehead atoms. The third-order valence-corrected chi connectivity index (χ3v) is 5.23. The molecule has 2 aromatic carbocycles. The first kappa shape index (κ1) is 19.0. The summed E-state index contributed by atoms with van der Waals surface area (Å²) < 4.78 is 2.00. The number of aryl methyl sites for hydroxylation is 1. The first-order chi connectivity index (χ1) is 14.2. The van der Waals surface area contributed by atoms with Gasteiger partial charge in [-0.3, -0.25) is 0 Å². The second-order valence-corrected chi connectivity index (χ2v) is 7.17. The van der Waals surface area contributed by atoms with Gasteiger partial charge in [-0.25, -0.2) is 9.67 Å². The average Bonchev–Trinajstić information content (AvgIpc) is 3.44. The van der Waals surface area contributed by atoms with Crippen molar-refractivity contribution < 1.29 is 0 Å². The summed E-state index contributed by atoms with van der Waals surface area (Å²) in [6.07, 6.45) is 1.73. The van der Waals surface area contributed by atoms with E-state index in [1.807, 2.05) is 22.9 Å². The minimum Gasteiger partial charge on any atom is -0.250 e. The number of rotatable bonds is 7. The highest BCUT2D eigenvalue weighted by atomic mass is 15.5. The van der Waals surface area contributed by atoms with E-state index in [2.05, 4.69) is 71.7 Å². The van der Waals surface area contributed by atoms with Gasteiger partial charge < -0.3 is 0 Å². The van der Waals surface area contributed by atoms with Crippen molar-refractivity contribution in [2.24, 2.45) is 0 Å². The second-order valence-electron chi connectivity index (χ2n) is 7.17. The predicted molar refractivity (Wildman–Crippen MR) is 112 cm³/mol. The maximum atomic E-state index is 4.82. The van der Waals surface area contributed by atoms with Gasteiger partial charge in [0, 0.05) is 24.4 Å². The largest absolute Gasteiger partial charge is 0.250 e. The predicted octanol–water partition coefficient (Wildman–Crippen LogP) is 4.25. The van der Waals surface area contributed by atoms with Gasteiger partial charge in [-0.2, -0.15) is 10.3 Å². The van der Waals surface area contributed by atoms with E-state index in [0.717, 1.165) is 46.9 Å². The van der Waals surface area contributed by atoms with E-state index in [-0.39, 0.29) is 0 Å². The smallest absolute Gasteiger partial charge is 0.205 e. The highest BCUT2D eigenvalue weighted by molar-refractivity contribution is 5.80. The van der Waals surface area contributed by atoms with Crippen LogP contribution < -0.4 is 0 Å². The minimum absolute atomic E-state index is 0.358. The molecule has 2 heterocycles. The molecule has 0 radical (unpaired) electrons. The molecule has 0 spiro atoms. The summed E-state index contributed by atoms with van der Waals surface area (Å²) in [5.74, 6) is 2.85. The molecular formula is C22H25N7. The molecule has 1 N–H and O–H groups in total. The van der Waals surface area contributed by atoms with Gasteiger partial charge in [0.25, 0.3) is 0 Å². The van der Waals surface area contributed by atoms with Crippen LogP contribution in [0.2, 0.25) is 0 Å². The van der Waals surface area contributed by atoms with Gasteiger partial charge in [0.1, 0.15) is 5.82 Å². The van der Waals surface area contributed by atoms with Crippen LogP contribution in [0, 0.1) is 0 Å². The summed E-state index contributed by atoms with van der Waals surface area (Å²) in [4.78, 5) is 4.82. The summed E-state index contributed by atoms with van der Waals surface area (Å²) in [7, 11) is 0. The van der Waals surface area contributed by atoms with E-state index < -0.39 is 0 Å². The fourth-order valence-electron chi connectivity index (χ4n) is 3.38. The Balaban J connectivity index is 1.73. The average molecular weight is 387 g/mol. The number of benzene rings is 2. The van der Waals surface area contributed by atoms with Crippen LogP contribution in [0.5, 0.6) is 0 Å². The van der Waals surface area contributed by atoms with Crippen molar-refractivity contribution in [3.05, 3.63) is 65.7 Å². The standard InChI is InChI=1S/C22H25N7/c1-4-15(3)21-23-20(29(5-2)26-21)14-16-11-12-18(17-9-7-6-8-10-17)19(13-16)22-24-27-28-25-22/h6-13,15H,4-5,14H2,1-3H3,(H,24,25,27,28). The molecule has 2 aromatic heterocycles. The minimum atomic E-state index is 0.358. The first-order valence-electron chi connectivity index (χ1n) is 10.0. The molecule has 0 aliphatic rings. The van der Waals surface area contributed by atoms with Gasteiger partial charge >= 0.3 is 0 Å². The zero-order valence-electron chi connectivity index (χ0n) is 17.0. The van der Waals surface area contributed by atoms with Gasteiger partial charge in [-0.15, -0.1) is 10.2 Å². The molecule has 0 fully saturated rings. The van der Waals surface area contributed by atoms with Crippen molar-refractivity contribution >= 4 is 0 Å².